The number of carbonyl (C=O) groups is 1. The van der Waals surface area contributed by atoms with Gasteiger partial charge in [-0.2, -0.15) is 0 Å². The molecule has 2 nitrogen and oxygen atoms in total. The Labute approximate surface area is 133 Å². The van der Waals surface area contributed by atoms with Gasteiger partial charge in [-0.05, 0) is 49.1 Å². The highest BCUT2D eigenvalue weighted by Gasteiger charge is 2.31. The zero-order valence-corrected chi connectivity index (χ0v) is 13.3. The van der Waals surface area contributed by atoms with Gasteiger partial charge in [-0.25, -0.2) is 4.79 Å². The number of hydrogen-bond donors (Lipinski definition) is 0. The van der Waals surface area contributed by atoms with E-state index in [-0.39, 0.29) is 12.1 Å². The van der Waals surface area contributed by atoms with Crippen molar-refractivity contribution < 1.29 is 9.53 Å². The van der Waals surface area contributed by atoms with Crippen LogP contribution in [0.2, 0.25) is 0 Å². The van der Waals surface area contributed by atoms with Gasteiger partial charge < -0.3 is 4.74 Å². The van der Waals surface area contributed by atoms with Crippen molar-refractivity contribution in [1.82, 2.24) is 0 Å². The molecule has 3 heteroatoms. The van der Waals surface area contributed by atoms with E-state index in [1.54, 1.807) is 12.1 Å². The normalized spacial score (nSPS) is 21.2. The monoisotopic (exact) mass is 344 g/mol. The van der Waals surface area contributed by atoms with E-state index in [2.05, 4.69) is 28.1 Å². The van der Waals surface area contributed by atoms with Crippen molar-refractivity contribution in [3.8, 4) is 0 Å². The van der Waals surface area contributed by atoms with Gasteiger partial charge in [0.15, 0.2) is 0 Å². The summed E-state index contributed by atoms with van der Waals surface area (Å²) in [5.74, 6) is 0.0929. The lowest BCUT2D eigenvalue weighted by Crippen LogP contribution is -2.21. The molecule has 0 spiro atoms. The van der Waals surface area contributed by atoms with Crippen molar-refractivity contribution in [1.29, 1.82) is 0 Å². The van der Waals surface area contributed by atoms with E-state index in [0.29, 0.717) is 11.5 Å². The molecule has 0 saturated heterocycles. The summed E-state index contributed by atoms with van der Waals surface area (Å²) in [5.41, 5.74) is 1.88. The van der Waals surface area contributed by atoms with Crippen LogP contribution in [0.3, 0.4) is 0 Å². The van der Waals surface area contributed by atoms with Crippen LogP contribution >= 0.6 is 15.9 Å². The second kappa shape index (κ2) is 6.44. The fourth-order valence-corrected chi connectivity index (χ4v) is 3.20. The van der Waals surface area contributed by atoms with Gasteiger partial charge in [0.25, 0.3) is 0 Å². The third-order valence-corrected chi connectivity index (χ3v) is 4.55. The van der Waals surface area contributed by atoms with E-state index in [1.165, 1.54) is 5.56 Å². The van der Waals surface area contributed by atoms with Crippen molar-refractivity contribution in [3.05, 3.63) is 70.2 Å². The summed E-state index contributed by atoms with van der Waals surface area (Å²) >= 11 is 3.45. The largest absolute Gasteiger partial charge is 0.458 e. The number of rotatable bonds is 3. The van der Waals surface area contributed by atoms with Crippen LogP contribution in [0.1, 0.15) is 41.1 Å². The highest BCUT2D eigenvalue weighted by atomic mass is 79.9. The Bertz CT molecular complexity index is 607. The van der Waals surface area contributed by atoms with Crippen LogP contribution < -0.4 is 0 Å². The van der Waals surface area contributed by atoms with Crippen molar-refractivity contribution in [2.45, 2.75) is 31.3 Å². The topological polar surface area (TPSA) is 26.3 Å². The number of halogens is 1. The number of ether oxygens (including phenoxy) is 1. The lowest BCUT2D eigenvalue weighted by atomic mass is 9.96. The Morgan fingerprint density at radius 3 is 2.43 bits per heavy atom. The van der Waals surface area contributed by atoms with Crippen LogP contribution in [-0.4, -0.2) is 12.1 Å². The van der Waals surface area contributed by atoms with Crippen LogP contribution in [0.4, 0.5) is 0 Å². The Hall–Kier alpha value is -1.61. The Balaban J connectivity index is 1.72. The Morgan fingerprint density at radius 2 is 1.71 bits per heavy atom. The van der Waals surface area contributed by atoms with Gasteiger partial charge >= 0.3 is 5.97 Å². The van der Waals surface area contributed by atoms with E-state index in [4.69, 9.17) is 4.74 Å². The maximum atomic E-state index is 12.2. The lowest BCUT2D eigenvalue weighted by molar-refractivity contribution is 0.0279. The van der Waals surface area contributed by atoms with E-state index in [0.717, 1.165) is 23.7 Å². The van der Waals surface area contributed by atoms with E-state index < -0.39 is 0 Å². The van der Waals surface area contributed by atoms with Gasteiger partial charge in [0, 0.05) is 10.4 Å². The van der Waals surface area contributed by atoms with Gasteiger partial charge in [-0.15, -0.1) is 0 Å². The van der Waals surface area contributed by atoms with E-state index >= 15 is 0 Å². The molecule has 0 bridgehead atoms. The molecule has 2 atom stereocenters. The molecule has 1 aliphatic carbocycles. The molecule has 0 heterocycles. The summed E-state index contributed by atoms with van der Waals surface area (Å²) < 4.78 is 6.82. The first-order chi connectivity index (χ1) is 10.2. The first-order valence-corrected chi connectivity index (χ1v) is 8.05. The fraction of sp³-hybridized carbons (Fsp3) is 0.278. The van der Waals surface area contributed by atoms with Crippen LogP contribution in [0.25, 0.3) is 0 Å². The predicted octanol–water partition coefficient (Wildman–Crippen LogP) is 4.94. The van der Waals surface area contributed by atoms with Gasteiger partial charge in [-0.1, -0.05) is 46.3 Å². The molecule has 21 heavy (non-hydrogen) atoms. The standard InChI is InChI=1S/C18H17BrO2/c19-15-11-9-13(10-12-15)16-7-4-8-17(16)21-18(20)14-5-2-1-3-6-14/h1-3,5-6,9-12,16-17H,4,7-8H2. The molecule has 1 saturated carbocycles. The Morgan fingerprint density at radius 1 is 1.00 bits per heavy atom. The molecular formula is C18H17BrO2. The molecule has 0 N–H and O–H groups in total. The molecule has 0 amide bonds. The van der Waals surface area contributed by atoms with Gasteiger partial charge in [0.2, 0.25) is 0 Å². The maximum absolute atomic E-state index is 12.2. The molecule has 2 unspecified atom stereocenters. The number of carbonyl (C=O) groups excluding carboxylic acids is 1. The molecule has 108 valence electrons. The third-order valence-electron chi connectivity index (χ3n) is 4.02. The Kier molecular flexibility index (Phi) is 4.39. The summed E-state index contributed by atoms with van der Waals surface area (Å²) in [6.07, 6.45) is 3.11. The van der Waals surface area contributed by atoms with Gasteiger partial charge in [0.1, 0.15) is 6.10 Å². The zero-order valence-electron chi connectivity index (χ0n) is 11.7. The lowest BCUT2D eigenvalue weighted by Gasteiger charge is -2.20. The molecule has 2 aromatic rings. The van der Waals surface area contributed by atoms with Crippen molar-refractivity contribution in [2.24, 2.45) is 0 Å². The minimum absolute atomic E-state index is 0.0149. The number of hydrogen-bond acceptors (Lipinski definition) is 2. The molecular weight excluding hydrogens is 328 g/mol. The molecule has 3 rings (SSSR count). The first-order valence-electron chi connectivity index (χ1n) is 7.25. The van der Waals surface area contributed by atoms with Gasteiger partial charge in [0.05, 0.1) is 5.56 Å². The smallest absolute Gasteiger partial charge is 0.338 e. The number of benzene rings is 2. The van der Waals surface area contributed by atoms with Crippen LogP contribution in [-0.2, 0) is 4.74 Å². The van der Waals surface area contributed by atoms with Crippen molar-refractivity contribution >= 4 is 21.9 Å². The van der Waals surface area contributed by atoms with Crippen LogP contribution in [0.5, 0.6) is 0 Å². The van der Waals surface area contributed by atoms with Crippen molar-refractivity contribution in [2.75, 3.05) is 0 Å². The minimum atomic E-state index is -0.218. The van der Waals surface area contributed by atoms with E-state index in [9.17, 15) is 4.79 Å². The molecule has 0 aromatic heterocycles. The second-order valence-electron chi connectivity index (χ2n) is 5.40. The predicted molar refractivity (Wildman–Crippen MR) is 86.4 cm³/mol. The summed E-state index contributed by atoms with van der Waals surface area (Å²) in [5, 5.41) is 0. The zero-order chi connectivity index (χ0) is 14.7. The summed E-state index contributed by atoms with van der Waals surface area (Å²) in [6.45, 7) is 0. The first kappa shape index (κ1) is 14.3. The average Bonchev–Trinajstić information content (AvgIpc) is 2.97. The van der Waals surface area contributed by atoms with Crippen LogP contribution in [0, 0.1) is 0 Å². The highest BCUT2D eigenvalue weighted by molar-refractivity contribution is 9.10. The third kappa shape index (κ3) is 3.35. The van der Waals surface area contributed by atoms with Gasteiger partial charge in [-0.3, -0.25) is 0 Å². The highest BCUT2D eigenvalue weighted by Crippen LogP contribution is 2.37. The summed E-state index contributed by atoms with van der Waals surface area (Å²) in [7, 11) is 0. The average molecular weight is 345 g/mol. The molecule has 2 aromatic carbocycles. The molecule has 0 aliphatic heterocycles. The summed E-state index contributed by atoms with van der Waals surface area (Å²) in [4.78, 5) is 12.2. The maximum Gasteiger partial charge on any atom is 0.338 e. The fourth-order valence-electron chi connectivity index (χ4n) is 2.94. The minimum Gasteiger partial charge on any atom is -0.458 e. The number of esters is 1. The quantitative estimate of drug-likeness (QED) is 0.737. The van der Waals surface area contributed by atoms with Crippen LogP contribution in [0.15, 0.2) is 59.1 Å². The van der Waals surface area contributed by atoms with Crippen molar-refractivity contribution in [3.63, 3.8) is 0 Å². The molecule has 1 fully saturated rings. The second-order valence-corrected chi connectivity index (χ2v) is 6.31. The molecule has 0 radical (unpaired) electrons. The SMILES string of the molecule is O=C(OC1CCCC1c1ccc(Br)cc1)c1ccccc1. The summed E-state index contributed by atoms with van der Waals surface area (Å²) in [6, 6.07) is 17.5. The molecule has 1 aliphatic rings. The van der Waals surface area contributed by atoms with E-state index in [1.807, 2.05) is 30.3 Å².